The van der Waals surface area contributed by atoms with Crippen molar-refractivity contribution in [1.29, 1.82) is 0 Å². The highest BCUT2D eigenvalue weighted by molar-refractivity contribution is 5.82. The molecular weight excluding hydrogens is 240 g/mol. The fourth-order valence-corrected chi connectivity index (χ4v) is 1.73. The van der Waals surface area contributed by atoms with Crippen molar-refractivity contribution in [2.75, 3.05) is 0 Å². The number of rotatable bonds is 4. The lowest BCUT2D eigenvalue weighted by Crippen LogP contribution is -2.37. The lowest BCUT2D eigenvalue weighted by Gasteiger charge is -2.18. The zero-order valence-electron chi connectivity index (χ0n) is 10.7. The molecule has 0 aliphatic carbocycles. The van der Waals surface area contributed by atoms with Crippen molar-refractivity contribution >= 4 is 5.91 Å². The summed E-state index contributed by atoms with van der Waals surface area (Å²) in [6.45, 7) is 1.99. The molecule has 0 heterocycles. The van der Waals surface area contributed by atoms with Gasteiger partial charge < -0.3 is 4.74 Å². The fourth-order valence-electron chi connectivity index (χ4n) is 1.73. The Kier molecular flexibility index (Phi) is 4.15. The van der Waals surface area contributed by atoms with Crippen LogP contribution in [0.15, 0.2) is 54.6 Å². The van der Waals surface area contributed by atoms with Gasteiger partial charge in [0.2, 0.25) is 6.10 Å². The van der Waals surface area contributed by atoms with Crippen molar-refractivity contribution < 1.29 is 9.53 Å². The van der Waals surface area contributed by atoms with Crippen molar-refractivity contribution in [3.63, 3.8) is 0 Å². The SMILES string of the molecule is Cc1ccc(OC(C(=O)NN)c2ccccc2)cc1. The third-order valence-electron chi connectivity index (χ3n) is 2.76. The molecule has 0 bridgehead atoms. The monoisotopic (exact) mass is 256 g/mol. The highest BCUT2D eigenvalue weighted by atomic mass is 16.5. The van der Waals surface area contributed by atoms with Gasteiger partial charge in [-0.3, -0.25) is 10.2 Å². The number of aryl methyl sites for hydroxylation is 1. The van der Waals surface area contributed by atoms with E-state index in [0.29, 0.717) is 5.75 Å². The molecular formula is C15H16N2O2. The lowest BCUT2D eigenvalue weighted by atomic mass is 10.1. The number of nitrogens with two attached hydrogens (primary N) is 1. The second-order valence-corrected chi connectivity index (χ2v) is 4.23. The molecule has 4 heteroatoms. The number of carbonyl (C=O) groups is 1. The molecule has 0 fully saturated rings. The van der Waals surface area contributed by atoms with Crippen LogP contribution in [-0.2, 0) is 4.79 Å². The first-order chi connectivity index (χ1) is 9.20. The largest absolute Gasteiger partial charge is 0.476 e. The van der Waals surface area contributed by atoms with Gasteiger partial charge in [-0.25, -0.2) is 5.84 Å². The zero-order valence-corrected chi connectivity index (χ0v) is 10.7. The van der Waals surface area contributed by atoms with Gasteiger partial charge in [-0.15, -0.1) is 0 Å². The van der Waals surface area contributed by atoms with E-state index in [9.17, 15) is 4.79 Å². The van der Waals surface area contributed by atoms with Crippen LogP contribution in [0.25, 0.3) is 0 Å². The molecule has 0 aromatic heterocycles. The molecule has 4 nitrogen and oxygen atoms in total. The molecule has 1 amide bonds. The van der Waals surface area contributed by atoms with E-state index in [-0.39, 0.29) is 5.91 Å². The van der Waals surface area contributed by atoms with E-state index in [1.807, 2.05) is 61.5 Å². The van der Waals surface area contributed by atoms with Crippen LogP contribution in [0.1, 0.15) is 17.2 Å². The van der Waals surface area contributed by atoms with Crippen LogP contribution in [0.2, 0.25) is 0 Å². The summed E-state index contributed by atoms with van der Waals surface area (Å²) in [6.07, 6.45) is -0.756. The molecule has 0 aliphatic heterocycles. The van der Waals surface area contributed by atoms with Crippen LogP contribution in [0, 0.1) is 6.92 Å². The zero-order chi connectivity index (χ0) is 13.7. The summed E-state index contributed by atoms with van der Waals surface area (Å²) >= 11 is 0. The van der Waals surface area contributed by atoms with Gasteiger partial charge in [0.05, 0.1) is 0 Å². The number of hydrogen-bond donors (Lipinski definition) is 2. The molecule has 2 aromatic carbocycles. The summed E-state index contributed by atoms with van der Waals surface area (Å²) < 4.78 is 5.72. The van der Waals surface area contributed by atoms with E-state index in [4.69, 9.17) is 10.6 Å². The Morgan fingerprint density at radius 1 is 1.11 bits per heavy atom. The Bertz CT molecular complexity index is 538. The van der Waals surface area contributed by atoms with Crippen LogP contribution < -0.4 is 16.0 Å². The topological polar surface area (TPSA) is 64.3 Å². The van der Waals surface area contributed by atoms with Crippen molar-refractivity contribution in [2.45, 2.75) is 13.0 Å². The Hall–Kier alpha value is -2.33. The lowest BCUT2D eigenvalue weighted by molar-refractivity contribution is -0.128. The van der Waals surface area contributed by atoms with E-state index in [1.54, 1.807) is 0 Å². The smallest absolute Gasteiger partial charge is 0.279 e. The minimum Gasteiger partial charge on any atom is -0.476 e. The molecule has 1 atom stereocenters. The van der Waals surface area contributed by atoms with Crippen LogP contribution >= 0.6 is 0 Å². The minimum atomic E-state index is -0.756. The van der Waals surface area contributed by atoms with E-state index >= 15 is 0 Å². The summed E-state index contributed by atoms with van der Waals surface area (Å²) in [6, 6.07) is 16.8. The van der Waals surface area contributed by atoms with Gasteiger partial charge in [-0.05, 0) is 19.1 Å². The van der Waals surface area contributed by atoms with E-state index in [1.165, 1.54) is 0 Å². The van der Waals surface area contributed by atoms with Gasteiger partial charge in [0.15, 0.2) is 0 Å². The van der Waals surface area contributed by atoms with Gasteiger partial charge in [-0.2, -0.15) is 0 Å². The second-order valence-electron chi connectivity index (χ2n) is 4.23. The molecule has 0 spiro atoms. The number of hydrogen-bond acceptors (Lipinski definition) is 3. The third kappa shape index (κ3) is 3.33. The predicted octanol–water partition coefficient (Wildman–Crippen LogP) is 2.11. The average molecular weight is 256 g/mol. The molecule has 2 aromatic rings. The van der Waals surface area contributed by atoms with Crippen LogP contribution in [0.3, 0.4) is 0 Å². The van der Waals surface area contributed by atoms with Crippen molar-refractivity contribution in [3.8, 4) is 5.75 Å². The maximum absolute atomic E-state index is 11.8. The van der Waals surface area contributed by atoms with Crippen LogP contribution in [0.4, 0.5) is 0 Å². The predicted molar refractivity (Wildman–Crippen MR) is 73.3 cm³/mol. The van der Waals surface area contributed by atoms with Gasteiger partial charge in [0, 0.05) is 5.56 Å². The molecule has 0 aliphatic rings. The Morgan fingerprint density at radius 3 is 2.32 bits per heavy atom. The highest BCUT2D eigenvalue weighted by Gasteiger charge is 2.21. The Labute approximate surface area is 112 Å². The Balaban J connectivity index is 2.24. The summed E-state index contributed by atoms with van der Waals surface area (Å²) in [5.41, 5.74) is 4.02. The first-order valence-corrected chi connectivity index (χ1v) is 5.99. The Morgan fingerprint density at radius 2 is 1.74 bits per heavy atom. The maximum Gasteiger partial charge on any atom is 0.279 e. The number of hydrazine groups is 1. The van der Waals surface area contributed by atoms with Gasteiger partial charge in [0.25, 0.3) is 5.91 Å². The minimum absolute atomic E-state index is 0.383. The quantitative estimate of drug-likeness (QED) is 0.500. The molecule has 1 unspecified atom stereocenters. The molecule has 3 N–H and O–H groups in total. The van der Waals surface area contributed by atoms with Crippen molar-refractivity contribution in [2.24, 2.45) is 5.84 Å². The molecule has 19 heavy (non-hydrogen) atoms. The van der Waals surface area contributed by atoms with Crippen molar-refractivity contribution in [1.82, 2.24) is 5.43 Å². The number of amides is 1. The number of ether oxygens (including phenoxy) is 1. The summed E-state index contributed by atoms with van der Waals surface area (Å²) in [4.78, 5) is 11.8. The molecule has 0 saturated heterocycles. The summed E-state index contributed by atoms with van der Waals surface area (Å²) in [5, 5.41) is 0. The standard InChI is InChI=1S/C15H16N2O2/c1-11-7-9-13(10-8-11)19-14(15(18)17-16)12-5-3-2-4-6-12/h2-10,14H,16H2,1H3,(H,17,18). The summed E-state index contributed by atoms with van der Waals surface area (Å²) in [5.74, 6) is 5.45. The van der Waals surface area contributed by atoms with Crippen LogP contribution in [0.5, 0.6) is 5.75 Å². The number of benzene rings is 2. The van der Waals surface area contributed by atoms with Gasteiger partial charge >= 0.3 is 0 Å². The fraction of sp³-hybridized carbons (Fsp3) is 0.133. The average Bonchev–Trinajstić information content (AvgIpc) is 2.47. The first kappa shape index (κ1) is 13.1. The normalized spacial score (nSPS) is 11.7. The van der Waals surface area contributed by atoms with Crippen molar-refractivity contribution in [3.05, 3.63) is 65.7 Å². The molecule has 0 radical (unpaired) electrons. The summed E-state index contributed by atoms with van der Waals surface area (Å²) in [7, 11) is 0. The highest BCUT2D eigenvalue weighted by Crippen LogP contribution is 2.22. The maximum atomic E-state index is 11.8. The number of carbonyl (C=O) groups excluding carboxylic acids is 1. The number of nitrogens with one attached hydrogen (secondary N) is 1. The first-order valence-electron chi connectivity index (χ1n) is 5.99. The van der Waals surface area contributed by atoms with Crippen LogP contribution in [-0.4, -0.2) is 5.91 Å². The second kappa shape index (κ2) is 6.02. The molecule has 98 valence electrons. The molecule has 2 rings (SSSR count). The van der Waals surface area contributed by atoms with E-state index < -0.39 is 6.10 Å². The van der Waals surface area contributed by atoms with E-state index in [2.05, 4.69) is 5.43 Å². The third-order valence-corrected chi connectivity index (χ3v) is 2.76. The van der Waals surface area contributed by atoms with E-state index in [0.717, 1.165) is 11.1 Å². The van der Waals surface area contributed by atoms with Gasteiger partial charge in [-0.1, -0.05) is 48.0 Å². The molecule has 0 saturated carbocycles. The van der Waals surface area contributed by atoms with Gasteiger partial charge in [0.1, 0.15) is 5.75 Å².